The molecule has 1 atom stereocenters. The van der Waals surface area contributed by atoms with Crippen LogP contribution in [0, 0.1) is 5.92 Å². The number of pyridine rings is 1. The molecule has 0 spiro atoms. The molecule has 1 saturated heterocycles. The second kappa shape index (κ2) is 5.16. The van der Waals surface area contributed by atoms with E-state index in [-0.39, 0.29) is 0 Å². The van der Waals surface area contributed by atoms with E-state index in [4.69, 9.17) is 4.74 Å². The third-order valence-corrected chi connectivity index (χ3v) is 2.82. The van der Waals surface area contributed by atoms with Crippen molar-refractivity contribution in [3.63, 3.8) is 0 Å². The van der Waals surface area contributed by atoms with E-state index in [0.717, 1.165) is 37.7 Å². The van der Waals surface area contributed by atoms with Crippen LogP contribution in [0.25, 0.3) is 0 Å². The fourth-order valence-electron chi connectivity index (χ4n) is 1.76. The third kappa shape index (κ3) is 2.85. The molecular formula is C12H19N3O. The van der Waals surface area contributed by atoms with E-state index in [2.05, 4.69) is 16.4 Å². The lowest BCUT2D eigenvalue weighted by atomic mass is 10.1. The lowest BCUT2D eigenvalue weighted by Crippen LogP contribution is -2.15. The molecule has 1 fully saturated rings. The summed E-state index contributed by atoms with van der Waals surface area (Å²) < 4.78 is 5.33. The lowest BCUT2D eigenvalue weighted by molar-refractivity contribution is 0.187. The number of nitrogens with zero attached hydrogens (tertiary/aromatic N) is 2. The highest BCUT2D eigenvalue weighted by Crippen LogP contribution is 2.15. The molecular weight excluding hydrogens is 202 g/mol. The van der Waals surface area contributed by atoms with Gasteiger partial charge in [-0.05, 0) is 18.6 Å². The number of aromatic nitrogens is 1. The van der Waals surface area contributed by atoms with Crippen LogP contribution in [0.4, 0.5) is 11.5 Å². The van der Waals surface area contributed by atoms with E-state index in [1.807, 2.05) is 31.3 Å². The summed E-state index contributed by atoms with van der Waals surface area (Å²) in [5, 5.41) is 3.39. The summed E-state index contributed by atoms with van der Waals surface area (Å²) in [5.74, 6) is 1.63. The van der Waals surface area contributed by atoms with E-state index in [1.165, 1.54) is 0 Å². The Bertz CT molecular complexity index is 318. The maximum absolute atomic E-state index is 5.33. The molecule has 0 aromatic carbocycles. The molecule has 88 valence electrons. The van der Waals surface area contributed by atoms with Crippen molar-refractivity contribution in [2.45, 2.75) is 6.42 Å². The van der Waals surface area contributed by atoms with E-state index < -0.39 is 0 Å². The predicted molar refractivity (Wildman–Crippen MR) is 66.0 cm³/mol. The molecule has 0 saturated carbocycles. The van der Waals surface area contributed by atoms with Gasteiger partial charge in [0.15, 0.2) is 0 Å². The van der Waals surface area contributed by atoms with Crippen molar-refractivity contribution in [1.82, 2.24) is 4.98 Å². The Morgan fingerprint density at radius 2 is 2.38 bits per heavy atom. The number of hydrogen-bond donors (Lipinski definition) is 1. The average molecular weight is 221 g/mol. The van der Waals surface area contributed by atoms with Gasteiger partial charge >= 0.3 is 0 Å². The van der Waals surface area contributed by atoms with E-state index in [9.17, 15) is 0 Å². The van der Waals surface area contributed by atoms with Crippen LogP contribution in [-0.2, 0) is 4.74 Å². The average Bonchev–Trinajstić information content (AvgIpc) is 2.80. The molecule has 1 aromatic heterocycles. The number of hydrogen-bond acceptors (Lipinski definition) is 4. The molecule has 1 aromatic rings. The smallest absolute Gasteiger partial charge is 0.128 e. The van der Waals surface area contributed by atoms with Crippen molar-refractivity contribution < 1.29 is 4.74 Å². The lowest BCUT2D eigenvalue weighted by Gasteiger charge is -2.13. The van der Waals surface area contributed by atoms with Crippen LogP contribution in [-0.4, -0.2) is 38.8 Å². The zero-order valence-corrected chi connectivity index (χ0v) is 9.94. The minimum atomic E-state index is 0.647. The van der Waals surface area contributed by atoms with E-state index >= 15 is 0 Å². The summed E-state index contributed by atoms with van der Waals surface area (Å²) >= 11 is 0. The first-order valence-corrected chi connectivity index (χ1v) is 5.70. The standard InChI is InChI=1S/C12H19N3O/c1-15(2)12-4-3-11(8-14-12)13-7-10-5-6-16-9-10/h3-4,8,10,13H,5-7,9H2,1-2H3. The first-order valence-electron chi connectivity index (χ1n) is 5.70. The third-order valence-electron chi connectivity index (χ3n) is 2.82. The molecule has 1 unspecified atom stereocenters. The molecule has 4 nitrogen and oxygen atoms in total. The fourth-order valence-corrected chi connectivity index (χ4v) is 1.76. The monoisotopic (exact) mass is 221 g/mol. The van der Waals surface area contributed by atoms with Gasteiger partial charge in [0.05, 0.1) is 18.5 Å². The molecule has 0 bridgehead atoms. The van der Waals surface area contributed by atoms with Crippen molar-refractivity contribution in [2.75, 3.05) is 44.1 Å². The van der Waals surface area contributed by atoms with Crippen LogP contribution < -0.4 is 10.2 Å². The summed E-state index contributed by atoms with van der Waals surface area (Å²) in [6, 6.07) is 4.09. The first kappa shape index (κ1) is 11.2. The molecule has 16 heavy (non-hydrogen) atoms. The Labute approximate surface area is 96.6 Å². The van der Waals surface area contributed by atoms with Gasteiger partial charge in [-0.2, -0.15) is 0 Å². The van der Waals surface area contributed by atoms with Crippen LogP contribution in [0.15, 0.2) is 18.3 Å². The van der Waals surface area contributed by atoms with Gasteiger partial charge in [0, 0.05) is 33.2 Å². The molecule has 0 amide bonds. The Morgan fingerprint density at radius 1 is 1.50 bits per heavy atom. The van der Waals surface area contributed by atoms with Gasteiger partial charge in [-0.1, -0.05) is 0 Å². The van der Waals surface area contributed by atoms with E-state index in [0.29, 0.717) is 5.92 Å². The van der Waals surface area contributed by atoms with Gasteiger partial charge in [-0.15, -0.1) is 0 Å². The molecule has 2 rings (SSSR count). The van der Waals surface area contributed by atoms with Gasteiger partial charge in [-0.3, -0.25) is 0 Å². The highest BCUT2D eigenvalue weighted by atomic mass is 16.5. The molecule has 1 aliphatic heterocycles. The maximum atomic E-state index is 5.33. The highest BCUT2D eigenvalue weighted by molar-refractivity contribution is 5.47. The van der Waals surface area contributed by atoms with Crippen molar-refractivity contribution in [2.24, 2.45) is 5.92 Å². The number of anilines is 2. The van der Waals surface area contributed by atoms with E-state index in [1.54, 1.807) is 0 Å². The van der Waals surface area contributed by atoms with Crippen molar-refractivity contribution in [3.8, 4) is 0 Å². The summed E-state index contributed by atoms with van der Waals surface area (Å²) in [6.07, 6.45) is 3.04. The number of ether oxygens (including phenoxy) is 1. The van der Waals surface area contributed by atoms with Crippen LogP contribution >= 0.6 is 0 Å². The van der Waals surface area contributed by atoms with Gasteiger partial charge < -0.3 is 15.0 Å². The van der Waals surface area contributed by atoms with Gasteiger partial charge in [0.25, 0.3) is 0 Å². The topological polar surface area (TPSA) is 37.4 Å². The molecule has 4 heteroatoms. The number of nitrogens with one attached hydrogen (secondary N) is 1. The minimum absolute atomic E-state index is 0.647. The fraction of sp³-hybridized carbons (Fsp3) is 0.583. The predicted octanol–water partition coefficient (Wildman–Crippen LogP) is 1.60. The Morgan fingerprint density at radius 3 is 2.94 bits per heavy atom. The summed E-state index contributed by atoms with van der Waals surface area (Å²) in [5.41, 5.74) is 1.08. The largest absolute Gasteiger partial charge is 0.383 e. The van der Waals surface area contributed by atoms with Gasteiger partial charge in [0.1, 0.15) is 5.82 Å². The maximum Gasteiger partial charge on any atom is 0.128 e. The Kier molecular flexibility index (Phi) is 3.62. The van der Waals surface area contributed by atoms with Gasteiger partial charge in [-0.25, -0.2) is 4.98 Å². The Balaban J connectivity index is 1.84. The zero-order chi connectivity index (χ0) is 11.4. The summed E-state index contributed by atoms with van der Waals surface area (Å²) in [6.45, 7) is 2.77. The first-order chi connectivity index (χ1) is 7.75. The SMILES string of the molecule is CN(C)c1ccc(NCC2CCOC2)cn1. The summed E-state index contributed by atoms with van der Waals surface area (Å²) in [7, 11) is 3.98. The molecule has 0 aliphatic carbocycles. The molecule has 0 radical (unpaired) electrons. The normalized spacial score (nSPS) is 19.8. The Hall–Kier alpha value is -1.29. The second-order valence-electron chi connectivity index (χ2n) is 4.41. The van der Waals surface area contributed by atoms with Crippen LogP contribution in [0.1, 0.15) is 6.42 Å². The zero-order valence-electron chi connectivity index (χ0n) is 9.94. The quantitative estimate of drug-likeness (QED) is 0.838. The molecule has 1 N–H and O–H groups in total. The van der Waals surface area contributed by atoms with Crippen molar-refractivity contribution >= 4 is 11.5 Å². The summed E-state index contributed by atoms with van der Waals surface area (Å²) in [4.78, 5) is 6.35. The van der Waals surface area contributed by atoms with Crippen LogP contribution in [0.3, 0.4) is 0 Å². The van der Waals surface area contributed by atoms with Crippen LogP contribution in [0.5, 0.6) is 0 Å². The van der Waals surface area contributed by atoms with Crippen molar-refractivity contribution in [1.29, 1.82) is 0 Å². The van der Waals surface area contributed by atoms with Gasteiger partial charge in [0.2, 0.25) is 0 Å². The minimum Gasteiger partial charge on any atom is -0.383 e. The van der Waals surface area contributed by atoms with Crippen LogP contribution in [0.2, 0.25) is 0 Å². The second-order valence-corrected chi connectivity index (χ2v) is 4.41. The molecule has 1 aliphatic rings. The molecule has 2 heterocycles. The highest BCUT2D eigenvalue weighted by Gasteiger charge is 2.14. The van der Waals surface area contributed by atoms with Crippen molar-refractivity contribution in [3.05, 3.63) is 18.3 Å². The number of rotatable bonds is 4.